The lowest BCUT2D eigenvalue weighted by Crippen LogP contribution is -2.52. The average molecular weight is 347 g/mol. The summed E-state index contributed by atoms with van der Waals surface area (Å²) in [5.41, 5.74) is -0.284. The molecule has 0 aliphatic rings. The Morgan fingerprint density at radius 3 is 1.83 bits per heavy atom. The predicted molar refractivity (Wildman–Crippen MR) is 102 cm³/mol. The summed E-state index contributed by atoms with van der Waals surface area (Å²) < 4.78 is 17.2. The second-order valence-corrected chi connectivity index (χ2v) is 6.54. The molecule has 0 aromatic rings. The molecular weight excluding hydrogens is 308 g/mol. The molecule has 0 amide bonds. The van der Waals surface area contributed by atoms with Crippen molar-refractivity contribution in [3.8, 4) is 0 Å². The number of ether oxygens (including phenoxy) is 3. The van der Waals surface area contributed by atoms with Crippen LogP contribution in [-0.4, -0.2) is 33.1 Å². The molecule has 0 unspecified atom stereocenters. The van der Waals surface area contributed by atoms with E-state index in [0.717, 1.165) is 25.7 Å². The van der Waals surface area contributed by atoms with Crippen molar-refractivity contribution >= 4 is 12.6 Å². The molecule has 0 saturated carbocycles. The number of hydrogen-bond donors (Lipinski definition) is 1. The SMILES string of the molecule is CCCCCCCC[C@@](C=CCS)(CCC)C(OC)(OC)OC. The minimum absolute atomic E-state index is 0.284. The molecule has 0 spiro atoms. The minimum Gasteiger partial charge on any atom is -0.330 e. The molecule has 0 aliphatic heterocycles. The average Bonchev–Trinajstić information content (AvgIpc) is 2.58. The maximum atomic E-state index is 5.73. The molecule has 0 heterocycles. The number of unbranched alkanes of at least 4 members (excludes halogenated alkanes) is 5. The zero-order valence-electron chi connectivity index (χ0n) is 15.9. The molecule has 0 aliphatic carbocycles. The quantitative estimate of drug-likeness (QED) is 0.181. The lowest BCUT2D eigenvalue weighted by atomic mass is 9.75. The molecule has 23 heavy (non-hydrogen) atoms. The van der Waals surface area contributed by atoms with Crippen LogP contribution in [0.15, 0.2) is 12.2 Å². The van der Waals surface area contributed by atoms with Gasteiger partial charge in [0.05, 0.1) is 5.41 Å². The van der Waals surface area contributed by atoms with Gasteiger partial charge in [0.1, 0.15) is 0 Å². The van der Waals surface area contributed by atoms with Crippen molar-refractivity contribution in [2.75, 3.05) is 27.1 Å². The van der Waals surface area contributed by atoms with Gasteiger partial charge in [-0.2, -0.15) is 12.6 Å². The second kappa shape index (κ2) is 13.3. The Hall–Kier alpha value is -0.0300. The molecule has 0 aromatic heterocycles. The number of hydrogen-bond acceptors (Lipinski definition) is 4. The van der Waals surface area contributed by atoms with E-state index < -0.39 is 5.97 Å². The van der Waals surface area contributed by atoms with Gasteiger partial charge in [0.25, 0.3) is 5.97 Å². The molecule has 138 valence electrons. The Bertz CT molecular complexity index is 295. The van der Waals surface area contributed by atoms with E-state index in [9.17, 15) is 0 Å². The van der Waals surface area contributed by atoms with Gasteiger partial charge in [-0.25, -0.2) is 0 Å². The summed E-state index contributed by atoms with van der Waals surface area (Å²) in [6.45, 7) is 4.44. The van der Waals surface area contributed by atoms with Crippen LogP contribution >= 0.6 is 12.6 Å². The molecule has 0 radical (unpaired) electrons. The van der Waals surface area contributed by atoms with Gasteiger partial charge in [-0.3, -0.25) is 0 Å². The third-order valence-electron chi connectivity index (χ3n) is 4.63. The second-order valence-electron chi connectivity index (χ2n) is 6.18. The van der Waals surface area contributed by atoms with Crippen LogP contribution in [0.1, 0.15) is 71.6 Å². The monoisotopic (exact) mass is 346 g/mol. The molecular formula is C19H38O3S. The summed E-state index contributed by atoms with van der Waals surface area (Å²) in [6.07, 6.45) is 14.9. The van der Waals surface area contributed by atoms with E-state index in [2.05, 4.69) is 38.6 Å². The topological polar surface area (TPSA) is 27.7 Å². The fourth-order valence-electron chi connectivity index (χ4n) is 3.50. The largest absolute Gasteiger partial charge is 0.330 e. The number of methoxy groups -OCH3 is 3. The van der Waals surface area contributed by atoms with Crippen LogP contribution in [0.5, 0.6) is 0 Å². The first-order valence-electron chi connectivity index (χ1n) is 9.05. The van der Waals surface area contributed by atoms with Crippen molar-refractivity contribution in [2.45, 2.75) is 77.6 Å². The van der Waals surface area contributed by atoms with E-state index in [1.165, 1.54) is 32.1 Å². The zero-order valence-corrected chi connectivity index (χ0v) is 16.8. The molecule has 0 bridgehead atoms. The zero-order chi connectivity index (χ0) is 17.6. The number of thiol groups is 1. The normalized spacial score (nSPS) is 15.2. The minimum atomic E-state index is -1.04. The molecule has 0 rings (SSSR count). The summed E-state index contributed by atoms with van der Waals surface area (Å²) in [6, 6.07) is 0. The Morgan fingerprint density at radius 1 is 0.783 bits per heavy atom. The van der Waals surface area contributed by atoms with E-state index in [-0.39, 0.29) is 5.41 Å². The van der Waals surface area contributed by atoms with Crippen LogP contribution < -0.4 is 0 Å². The molecule has 3 nitrogen and oxygen atoms in total. The van der Waals surface area contributed by atoms with Gasteiger partial charge in [0, 0.05) is 27.1 Å². The van der Waals surface area contributed by atoms with Crippen molar-refractivity contribution in [3.05, 3.63) is 12.2 Å². The Labute approximate surface area is 149 Å². The van der Waals surface area contributed by atoms with E-state index in [1.807, 2.05) is 0 Å². The Balaban J connectivity index is 5.13. The smallest absolute Gasteiger partial charge is 0.291 e. The summed E-state index contributed by atoms with van der Waals surface area (Å²) in [4.78, 5) is 0. The van der Waals surface area contributed by atoms with Gasteiger partial charge >= 0.3 is 0 Å². The van der Waals surface area contributed by atoms with Gasteiger partial charge in [0.2, 0.25) is 0 Å². The lowest BCUT2D eigenvalue weighted by Gasteiger charge is -2.45. The van der Waals surface area contributed by atoms with Crippen LogP contribution in [-0.2, 0) is 14.2 Å². The number of rotatable bonds is 15. The van der Waals surface area contributed by atoms with Crippen molar-refractivity contribution in [1.29, 1.82) is 0 Å². The first-order valence-corrected chi connectivity index (χ1v) is 9.69. The Kier molecular flexibility index (Phi) is 13.3. The molecule has 0 saturated heterocycles. The highest BCUT2D eigenvalue weighted by Gasteiger charge is 2.51. The van der Waals surface area contributed by atoms with Gasteiger partial charge < -0.3 is 14.2 Å². The highest BCUT2D eigenvalue weighted by molar-refractivity contribution is 7.80. The highest BCUT2D eigenvalue weighted by Crippen LogP contribution is 2.46. The van der Waals surface area contributed by atoms with Crippen LogP contribution in [0.25, 0.3) is 0 Å². The molecule has 1 atom stereocenters. The highest BCUT2D eigenvalue weighted by atomic mass is 32.1. The standard InChI is InChI=1S/C19H38O3S/c1-6-8-9-10-11-12-15-18(14-7-2,16-13-17-23)19(20-3,21-4)22-5/h13,16,23H,6-12,14-15,17H2,1-5H3/t18-/m1/s1. The summed E-state index contributed by atoms with van der Waals surface area (Å²) in [7, 11) is 4.98. The van der Waals surface area contributed by atoms with E-state index in [1.54, 1.807) is 21.3 Å². The third kappa shape index (κ3) is 6.77. The Morgan fingerprint density at radius 2 is 1.35 bits per heavy atom. The van der Waals surface area contributed by atoms with Crippen molar-refractivity contribution in [2.24, 2.45) is 5.41 Å². The summed E-state index contributed by atoms with van der Waals surface area (Å²) in [5, 5.41) is 0. The molecule has 0 N–H and O–H groups in total. The third-order valence-corrected chi connectivity index (χ3v) is 4.84. The summed E-state index contributed by atoms with van der Waals surface area (Å²) in [5.74, 6) is -0.332. The predicted octanol–water partition coefficient (Wildman–Crippen LogP) is 5.60. The van der Waals surface area contributed by atoms with Crippen molar-refractivity contribution < 1.29 is 14.2 Å². The van der Waals surface area contributed by atoms with E-state index >= 15 is 0 Å². The first kappa shape index (κ1) is 23.0. The van der Waals surface area contributed by atoms with Crippen LogP contribution in [0, 0.1) is 5.41 Å². The van der Waals surface area contributed by atoms with Crippen molar-refractivity contribution in [1.82, 2.24) is 0 Å². The fraction of sp³-hybridized carbons (Fsp3) is 0.895. The molecule has 0 aromatic carbocycles. The van der Waals surface area contributed by atoms with Crippen LogP contribution in [0.4, 0.5) is 0 Å². The maximum absolute atomic E-state index is 5.73. The molecule has 4 heteroatoms. The van der Waals surface area contributed by atoms with Crippen molar-refractivity contribution in [3.63, 3.8) is 0 Å². The van der Waals surface area contributed by atoms with Crippen LogP contribution in [0.3, 0.4) is 0 Å². The first-order chi connectivity index (χ1) is 11.1. The van der Waals surface area contributed by atoms with E-state index in [4.69, 9.17) is 14.2 Å². The van der Waals surface area contributed by atoms with Gasteiger partial charge in [-0.15, -0.1) is 0 Å². The van der Waals surface area contributed by atoms with Gasteiger partial charge in [0.15, 0.2) is 0 Å². The van der Waals surface area contributed by atoms with Gasteiger partial charge in [-0.05, 0) is 12.8 Å². The molecule has 0 fully saturated rings. The van der Waals surface area contributed by atoms with Crippen LogP contribution in [0.2, 0.25) is 0 Å². The lowest BCUT2D eigenvalue weighted by molar-refractivity contribution is -0.399. The van der Waals surface area contributed by atoms with Gasteiger partial charge in [-0.1, -0.05) is 70.9 Å². The fourth-order valence-corrected chi connectivity index (χ4v) is 3.61. The maximum Gasteiger partial charge on any atom is 0.291 e. The summed E-state index contributed by atoms with van der Waals surface area (Å²) >= 11 is 4.32. The van der Waals surface area contributed by atoms with E-state index in [0.29, 0.717) is 5.75 Å².